The van der Waals surface area contributed by atoms with Crippen molar-refractivity contribution in [1.82, 2.24) is 0 Å². The molecule has 3 aromatic rings. The first-order valence-electron chi connectivity index (χ1n) is 15.2. The molecule has 0 amide bonds. The van der Waals surface area contributed by atoms with E-state index in [1.165, 1.54) is 27.8 Å². The number of rotatable bonds is 12. The molecule has 4 heteroatoms. The summed E-state index contributed by atoms with van der Waals surface area (Å²) >= 11 is 0. The summed E-state index contributed by atoms with van der Waals surface area (Å²) in [5.74, 6) is 1.36. The lowest BCUT2D eigenvalue weighted by atomic mass is 9.65. The fourth-order valence-corrected chi connectivity index (χ4v) is 6.61. The van der Waals surface area contributed by atoms with Gasteiger partial charge in [-0.05, 0) is 92.0 Å². The van der Waals surface area contributed by atoms with E-state index in [1.807, 2.05) is 24.3 Å². The second kappa shape index (κ2) is 12.4. The Labute approximate surface area is 255 Å². The van der Waals surface area contributed by atoms with Gasteiger partial charge in [0.25, 0.3) is 0 Å². The Bertz CT molecular complexity index is 1210. The molecule has 4 nitrogen and oxygen atoms in total. The molecule has 0 aliphatic carbocycles. The Morgan fingerprint density at radius 1 is 0.429 bits per heavy atom. The predicted molar refractivity (Wildman–Crippen MR) is 175 cm³/mol. The van der Waals surface area contributed by atoms with Crippen LogP contribution in [-0.2, 0) is 27.1 Å². The van der Waals surface area contributed by atoms with Crippen LogP contribution in [0.4, 0.5) is 0 Å². The molecule has 0 aliphatic rings. The van der Waals surface area contributed by atoms with Crippen LogP contribution in [0.5, 0.6) is 11.5 Å². The summed E-state index contributed by atoms with van der Waals surface area (Å²) < 4.78 is 10.5. The van der Waals surface area contributed by atoms with E-state index < -0.39 is 0 Å². The molecular weight excluding hydrogens is 520 g/mol. The molecule has 0 bridgehead atoms. The normalized spacial score (nSPS) is 13.3. The molecule has 0 fully saturated rings. The Balaban J connectivity index is 1.98. The first kappa shape index (κ1) is 33.7. The molecule has 3 aromatic carbocycles. The van der Waals surface area contributed by atoms with Crippen LogP contribution in [0, 0.1) is 0 Å². The van der Waals surface area contributed by atoms with E-state index in [2.05, 4.69) is 119 Å². The monoisotopic (exact) mass is 574 g/mol. The van der Waals surface area contributed by atoms with E-state index in [9.17, 15) is 0 Å². The van der Waals surface area contributed by atoms with Gasteiger partial charge >= 0.3 is 0 Å². The molecule has 3 rings (SSSR count). The zero-order valence-corrected chi connectivity index (χ0v) is 27.9. The maximum atomic E-state index is 9.10. The number of aliphatic hydroxyl groups is 2. The molecule has 0 saturated heterocycles. The standard InChI is InChI=1S/C38H54O4/c1-34(2,3)29-20-30(37(8,9)23-35(4,5)27-12-16-32(17-13-27)41-25-39)22-31(21-29)38(10,11)24-36(6,7)28-14-18-33(19-15-28)42-26-40/h12-22,39-40H,23-26H2,1-11H3. The van der Waals surface area contributed by atoms with Crippen LogP contribution in [0.2, 0.25) is 0 Å². The van der Waals surface area contributed by atoms with Crippen molar-refractivity contribution in [3.05, 3.63) is 94.5 Å². The van der Waals surface area contributed by atoms with Gasteiger partial charge in [0.05, 0.1) is 0 Å². The number of hydrogen-bond donors (Lipinski definition) is 2. The van der Waals surface area contributed by atoms with Crippen LogP contribution < -0.4 is 9.47 Å². The highest BCUT2D eigenvalue weighted by molar-refractivity contribution is 5.42. The lowest BCUT2D eigenvalue weighted by Gasteiger charge is -2.40. The number of benzene rings is 3. The van der Waals surface area contributed by atoms with Crippen LogP contribution in [-0.4, -0.2) is 23.8 Å². The van der Waals surface area contributed by atoms with Crippen molar-refractivity contribution in [2.24, 2.45) is 0 Å². The lowest BCUT2D eigenvalue weighted by molar-refractivity contribution is 0.0980. The number of hydrogen-bond acceptors (Lipinski definition) is 4. The van der Waals surface area contributed by atoms with Gasteiger partial charge in [-0.15, -0.1) is 0 Å². The molecule has 2 N–H and O–H groups in total. The molecule has 0 atom stereocenters. The third-order valence-corrected chi connectivity index (χ3v) is 8.86. The average Bonchev–Trinajstić information content (AvgIpc) is 2.88. The second-order valence-electron chi connectivity index (χ2n) is 15.5. The van der Waals surface area contributed by atoms with E-state index in [0.29, 0.717) is 11.5 Å². The van der Waals surface area contributed by atoms with Crippen molar-refractivity contribution in [2.75, 3.05) is 13.6 Å². The van der Waals surface area contributed by atoms with Gasteiger partial charge in [-0.2, -0.15) is 0 Å². The zero-order valence-electron chi connectivity index (χ0n) is 27.9. The van der Waals surface area contributed by atoms with Crippen molar-refractivity contribution >= 4 is 0 Å². The Morgan fingerprint density at radius 3 is 1.00 bits per heavy atom. The smallest absolute Gasteiger partial charge is 0.186 e. The fourth-order valence-electron chi connectivity index (χ4n) is 6.61. The summed E-state index contributed by atoms with van der Waals surface area (Å²) in [5.41, 5.74) is 6.35. The SMILES string of the molecule is CC(C)(C)c1cc(C(C)(C)CC(C)(C)c2ccc(OCO)cc2)cc(C(C)(C)CC(C)(C)c2ccc(OCO)cc2)c1. The molecule has 0 aromatic heterocycles. The molecule has 0 aliphatic heterocycles. The van der Waals surface area contributed by atoms with Crippen molar-refractivity contribution in [3.63, 3.8) is 0 Å². The van der Waals surface area contributed by atoms with Gasteiger partial charge in [0.15, 0.2) is 13.6 Å². The molecule has 0 heterocycles. The highest BCUT2D eigenvalue weighted by Crippen LogP contribution is 2.44. The van der Waals surface area contributed by atoms with Gasteiger partial charge in [0, 0.05) is 0 Å². The van der Waals surface area contributed by atoms with Gasteiger partial charge in [-0.3, -0.25) is 0 Å². The van der Waals surface area contributed by atoms with E-state index in [0.717, 1.165) is 12.8 Å². The number of aliphatic hydroxyl groups excluding tert-OH is 2. The third kappa shape index (κ3) is 8.17. The maximum Gasteiger partial charge on any atom is 0.186 e. The summed E-state index contributed by atoms with van der Waals surface area (Å²) in [6.45, 7) is 25.0. The van der Waals surface area contributed by atoms with Crippen molar-refractivity contribution < 1.29 is 19.7 Å². The van der Waals surface area contributed by atoms with Gasteiger partial charge < -0.3 is 19.7 Å². The summed E-state index contributed by atoms with van der Waals surface area (Å²) in [6.07, 6.45) is 1.95. The Kier molecular flexibility index (Phi) is 9.96. The lowest BCUT2D eigenvalue weighted by Crippen LogP contribution is -2.32. The largest absolute Gasteiger partial charge is 0.468 e. The minimum atomic E-state index is -0.318. The van der Waals surface area contributed by atoms with Gasteiger partial charge in [0.1, 0.15) is 11.5 Å². The fraction of sp³-hybridized carbons (Fsp3) is 0.526. The van der Waals surface area contributed by atoms with Crippen molar-refractivity contribution in [1.29, 1.82) is 0 Å². The molecule has 0 radical (unpaired) electrons. The van der Waals surface area contributed by atoms with E-state index in [4.69, 9.17) is 19.7 Å². The highest BCUT2D eigenvalue weighted by atomic mass is 16.6. The first-order chi connectivity index (χ1) is 19.3. The Hall–Kier alpha value is -2.82. The summed E-state index contributed by atoms with van der Waals surface area (Å²) in [7, 11) is 0. The van der Waals surface area contributed by atoms with Crippen molar-refractivity contribution in [2.45, 2.75) is 116 Å². The molecule has 0 saturated carbocycles. The van der Waals surface area contributed by atoms with E-state index in [1.54, 1.807) is 0 Å². The summed E-state index contributed by atoms with van der Waals surface area (Å²) in [4.78, 5) is 0. The summed E-state index contributed by atoms with van der Waals surface area (Å²) in [6, 6.07) is 23.5. The van der Waals surface area contributed by atoms with Crippen LogP contribution in [0.3, 0.4) is 0 Å². The molecule has 0 spiro atoms. The second-order valence-corrected chi connectivity index (χ2v) is 15.5. The van der Waals surface area contributed by atoms with Crippen LogP contribution in [0.15, 0.2) is 66.7 Å². The molecule has 0 unspecified atom stereocenters. The summed E-state index contributed by atoms with van der Waals surface area (Å²) in [5, 5.41) is 18.2. The number of ether oxygens (including phenoxy) is 2. The quantitative estimate of drug-likeness (QED) is 0.212. The zero-order chi connectivity index (χ0) is 31.6. The van der Waals surface area contributed by atoms with Crippen LogP contribution >= 0.6 is 0 Å². The van der Waals surface area contributed by atoms with E-state index >= 15 is 0 Å². The highest BCUT2D eigenvalue weighted by Gasteiger charge is 2.36. The minimum absolute atomic E-state index is 0.0209. The van der Waals surface area contributed by atoms with Gasteiger partial charge in [-0.1, -0.05) is 119 Å². The van der Waals surface area contributed by atoms with Gasteiger partial charge in [-0.25, -0.2) is 0 Å². The predicted octanol–water partition coefficient (Wildman–Crippen LogP) is 8.93. The minimum Gasteiger partial charge on any atom is -0.468 e. The van der Waals surface area contributed by atoms with Crippen molar-refractivity contribution in [3.8, 4) is 11.5 Å². The molecular formula is C38H54O4. The van der Waals surface area contributed by atoms with Crippen LogP contribution in [0.1, 0.15) is 117 Å². The Morgan fingerprint density at radius 2 is 0.714 bits per heavy atom. The molecule has 230 valence electrons. The topological polar surface area (TPSA) is 58.9 Å². The molecule has 42 heavy (non-hydrogen) atoms. The first-order valence-corrected chi connectivity index (χ1v) is 15.2. The van der Waals surface area contributed by atoms with Crippen LogP contribution in [0.25, 0.3) is 0 Å². The third-order valence-electron chi connectivity index (χ3n) is 8.86. The van der Waals surface area contributed by atoms with E-state index in [-0.39, 0.29) is 40.7 Å². The van der Waals surface area contributed by atoms with Gasteiger partial charge in [0.2, 0.25) is 0 Å². The average molecular weight is 575 g/mol. The maximum absolute atomic E-state index is 9.10.